The number of hydrogen-bond donors (Lipinski definition) is 0. The molecule has 1 aromatic heterocycles. The molecule has 7 aromatic carbocycles. The predicted octanol–water partition coefficient (Wildman–Crippen LogP) is 13.8. The lowest BCUT2D eigenvalue weighted by Gasteiger charge is -2.32. The van der Waals surface area contributed by atoms with Gasteiger partial charge in [-0.05, 0) is 149 Å². The van der Waals surface area contributed by atoms with Gasteiger partial charge < -0.3 is 9.32 Å². The van der Waals surface area contributed by atoms with Crippen molar-refractivity contribution in [2.75, 3.05) is 4.90 Å². The summed E-state index contributed by atoms with van der Waals surface area (Å²) >= 11 is 0. The van der Waals surface area contributed by atoms with E-state index in [2.05, 4.69) is 150 Å². The second-order valence-electron chi connectivity index (χ2n) is 14.5. The molecule has 0 unspecified atom stereocenters. The summed E-state index contributed by atoms with van der Waals surface area (Å²) in [5.74, 6) is 0. The Morgan fingerprint density at radius 1 is 0.346 bits per heavy atom. The molecule has 252 valence electrons. The average molecular weight is 672 g/mol. The molecule has 10 rings (SSSR count). The molecular weight excluding hydrogens is 631 g/mol. The molecule has 0 N–H and O–H groups in total. The van der Waals surface area contributed by atoms with Gasteiger partial charge in [-0.2, -0.15) is 0 Å². The fourth-order valence-electron chi connectivity index (χ4n) is 9.09. The highest BCUT2D eigenvalue weighted by atomic mass is 16.3. The summed E-state index contributed by atoms with van der Waals surface area (Å²) < 4.78 is 6.39. The van der Waals surface area contributed by atoms with Gasteiger partial charge in [0.05, 0.1) is 0 Å². The van der Waals surface area contributed by atoms with E-state index in [1.165, 1.54) is 66.3 Å². The van der Waals surface area contributed by atoms with E-state index < -0.39 is 0 Å². The molecule has 2 heteroatoms. The van der Waals surface area contributed by atoms with Crippen molar-refractivity contribution in [3.8, 4) is 33.4 Å². The summed E-state index contributed by atoms with van der Waals surface area (Å²) in [4.78, 5) is 2.37. The fourth-order valence-corrected chi connectivity index (χ4v) is 9.09. The van der Waals surface area contributed by atoms with Gasteiger partial charge in [-0.3, -0.25) is 0 Å². The minimum atomic E-state index is 0.901. The Hall–Kier alpha value is -5.86. The SMILES string of the molecule is c1ccc(-c2ccc(N(c3ccc(-c4c5c(c(-c6ccccc6)c6c4CCCC6)CCCC5)cc3)c3ccc4c(c3)oc3ccccc34)cc2)cc1. The molecule has 0 spiro atoms. The molecule has 0 bridgehead atoms. The van der Waals surface area contributed by atoms with Crippen LogP contribution in [0.3, 0.4) is 0 Å². The van der Waals surface area contributed by atoms with Crippen molar-refractivity contribution in [1.82, 2.24) is 0 Å². The number of benzene rings is 7. The van der Waals surface area contributed by atoms with Gasteiger partial charge in [-0.25, -0.2) is 0 Å². The van der Waals surface area contributed by atoms with Crippen LogP contribution in [0.15, 0.2) is 156 Å². The van der Waals surface area contributed by atoms with Crippen molar-refractivity contribution in [2.24, 2.45) is 0 Å². The number of rotatable bonds is 6. The highest BCUT2D eigenvalue weighted by Gasteiger charge is 2.28. The average Bonchev–Trinajstić information content (AvgIpc) is 3.59. The van der Waals surface area contributed by atoms with Crippen molar-refractivity contribution in [1.29, 1.82) is 0 Å². The second kappa shape index (κ2) is 13.0. The molecule has 8 aromatic rings. The number of anilines is 3. The predicted molar refractivity (Wildman–Crippen MR) is 218 cm³/mol. The number of fused-ring (bicyclic) bond motifs is 5. The molecule has 0 atom stereocenters. The zero-order chi connectivity index (χ0) is 34.4. The van der Waals surface area contributed by atoms with Crippen LogP contribution >= 0.6 is 0 Å². The molecule has 0 saturated carbocycles. The summed E-state index contributed by atoms with van der Waals surface area (Å²) in [7, 11) is 0. The van der Waals surface area contributed by atoms with Crippen LogP contribution in [-0.4, -0.2) is 0 Å². The quantitative estimate of drug-likeness (QED) is 0.175. The number of para-hydroxylation sites is 1. The maximum absolute atomic E-state index is 6.39. The number of furan rings is 1. The van der Waals surface area contributed by atoms with E-state index in [1.54, 1.807) is 27.8 Å². The smallest absolute Gasteiger partial charge is 0.137 e. The van der Waals surface area contributed by atoms with E-state index in [4.69, 9.17) is 4.42 Å². The van der Waals surface area contributed by atoms with Crippen LogP contribution in [0.1, 0.15) is 47.9 Å². The highest BCUT2D eigenvalue weighted by molar-refractivity contribution is 6.06. The van der Waals surface area contributed by atoms with Crippen molar-refractivity contribution in [3.63, 3.8) is 0 Å². The lowest BCUT2D eigenvalue weighted by atomic mass is 9.73. The standard InChI is InChI=1S/C50H41NO/c1-3-13-34(14-4-1)35-23-27-38(28-24-35)51(40-31-32-42-41-17-11-12-22-47(41)52-48(42)33-40)39-29-25-37(26-30-39)50-45-20-9-7-18-43(45)49(36-15-5-2-6-16-36)44-19-8-10-21-46(44)50/h1-6,11-17,22-33H,7-10,18-21H2. The zero-order valence-electron chi connectivity index (χ0n) is 29.4. The second-order valence-corrected chi connectivity index (χ2v) is 14.5. The third-order valence-corrected chi connectivity index (χ3v) is 11.5. The van der Waals surface area contributed by atoms with E-state index >= 15 is 0 Å². The summed E-state index contributed by atoms with van der Waals surface area (Å²) in [5, 5.41) is 2.29. The van der Waals surface area contributed by atoms with Crippen LogP contribution in [0, 0.1) is 0 Å². The van der Waals surface area contributed by atoms with Gasteiger partial charge >= 0.3 is 0 Å². The first kappa shape index (κ1) is 30.9. The van der Waals surface area contributed by atoms with Crippen LogP contribution in [0.25, 0.3) is 55.3 Å². The van der Waals surface area contributed by atoms with E-state index in [1.807, 2.05) is 6.07 Å². The Balaban J connectivity index is 1.11. The fraction of sp³-hybridized carbons (Fsp3) is 0.160. The summed E-state index contributed by atoms with van der Waals surface area (Å²) in [5.41, 5.74) is 19.8. The topological polar surface area (TPSA) is 16.4 Å². The molecule has 2 nitrogen and oxygen atoms in total. The monoisotopic (exact) mass is 671 g/mol. The number of nitrogens with zero attached hydrogens (tertiary/aromatic N) is 1. The highest BCUT2D eigenvalue weighted by Crippen LogP contribution is 2.47. The Kier molecular flexibility index (Phi) is 7.75. The third-order valence-electron chi connectivity index (χ3n) is 11.5. The van der Waals surface area contributed by atoms with Crippen LogP contribution in [0.5, 0.6) is 0 Å². The van der Waals surface area contributed by atoms with E-state index in [-0.39, 0.29) is 0 Å². The lowest BCUT2D eigenvalue weighted by Crippen LogP contribution is -2.15. The molecule has 0 saturated heterocycles. The van der Waals surface area contributed by atoms with Crippen molar-refractivity contribution in [2.45, 2.75) is 51.4 Å². The van der Waals surface area contributed by atoms with Crippen LogP contribution < -0.4 is 4.90 Å². The van der Waals surface area contributed by atoms with Crippen LogP contribution in [-0.2, 0) is 25.7 Å². The molecular formula is C50H41NO. The minimum Gasteiger partial charge on any atom is -0.456 e. The van der Waals surface area contributed by atoms with Crippen LogP contribution in [0.4, 0.5) is 17.1 Å². The van der Waals surface area contributed by atoms with Gasteiger partial charge in [-0.15, -0.1) is 0 Å². The van der Waals surface area contributed by atoms with Crippen molar-refractivity contribution in [3.05, 3.63) is 174 Å². The van der Waals surface area contributed by atoms with Gasteiger partial charge in [0, 0.05) is 33.9 Å². The molecule has 0 aliphatic heterocycles. The molecule has 2 aliphatic rings. The Morgan fingerprint density at radius 3 is 1.35 bits per heavy atom. The lowest BCUT2D eigenvalue weighted by molar-refractivity contribution is 0.662. The van der Waals surface area contributed by atoms with Crippen molar-refractivity contribution >= 4 is 39.0 Å². The minimum absolute atomic E-state index is 0.901. The zero-order valence-corrected chi connectivity index (χ0v) is 29.4. The largest absolute Gasteiger partial charge is 0.456 e. The molecule has 0 fully saturated rings. The van der Waals surface area contributed by atoms with Crippen LogP contribution in [0.2, 0.25) is 0 Å². The normalized spacial score (nSPS) is 13.9. The summed E-state index contributed by atoms with van der Waals surface area (Å²) in [6.45, 7) is 0. The first-order valence-electron chi connectivity index (χ1n) is 19.0. The first-order valence-corrected chi connectivity index (χ1v) is 19.0. The van der Waals surface area contributed by atoms with Crippen molar-refractivity contribution < 1.29 is 4.42 Å². The Bertz CT molecular complexity index is 2510. The van der Waals surface area contributed by atoms with Gasteiger partial charge in [-0.1, -0.05) is 103 Å². The molecule has 0 amide bonds. The Morgan fingerprint density at radius 2 is 0.769 bits per heavy atom. The Labute approximate surface area is 306 Å². The summed E-state index contributed by atoms with van der Waals surface area (Å²) in [6.07, 6.45) is 9.76. The molecule has 1 heterocycles. The van der Waals surface area contributed by atoms with E-state index in [0.29, 0.717) is 0 Å². The molecule has 2 aliphatic carbocycles. The van der Waals surface area contributed by atoms with Gasteiger partial charge in [0.25, 0.3) is 0 Å². The van der Waals surface area contributed by atoms with E-state index in [0.717, 1.165) is 51.8 Å². The van der Waals surface area contributed by atoms with Gasteiger partial charge in [0.1, 0.15) is 11.2 Å². The van der Waals surface area contributed by atoms with E-state index in [9.17, 15) is 0 Å². The molecule has 0 radical (unpaired) electrons. The summed E-state index contributed by atoms with van der Waals surface area (Å²) in [6, 6.07) is 55.2. The maximum atomic E-state index is 6.39. The van der Waals surface area contributed by atoms with Gasteiger partial charge in [0.2, 0.25) is 0 Å². The first-order chi connectivity index (χ1) is 25.8. The maximum Gasteiger partial charge on any atom is 0.137 e. The third kappa shape index (κ3) is 5.33. The van der Waals surface area contributed by atoms with Gasteiger partial charge in [0.15, 0.2) is 0 Å². The number of hydrogen-bond acceptors (Lipinski definition) is 2. The molecule has 52 heavy (non-hydrogen) atoms.